The highest BCUT2D eigenvalue weighted by Gasteiger charge is 2.10. The van der Waals surface area contributed by atoms with Gasteiger partial charge >= 0.3 is 5.97 Å². The van der Waals surface area contributed by atoms with Gasteiger partial charge < -0.3 is 15.4 Å². The molecule has 1 aromatic carbocycles. The number of carbonyl (C=O) groups excluding carboxylic acids is 3. The molecular weight excluding hydrogens is 272 g/mol. The summed E-state index contributed by atoms with van der Waals surface area (Å²) in [5.41, 5.74) is 0.458. The molecular formula is C15H20N2O4. The minimum atomic E-state index is -0.654. The molecule has 0 heterocycles. The number of ether oxygens (including phenoxy) is 1. The van der Waals surface area contributed by atoms with E-state index in [-0.39, 0.29) is 25.0 Å². The van der Waals surface area contributed by atoms with Crippen LogP contribution in [0.15, 0.2) is 30.3 Å². The maximum absolute atomic E-state index is 11.7. The number of amides is 2. The normalized spacial score (nSPS) is 10.0. The van der Waals surface area contributed by atoms with Crippen LogP contribution in [0.3, 0.4) is 0 Å². The van der Waals surface area contributed by atoms with E-state index >= 15 is 0 Å². The first-order valence-corrected chi connectivity index (χ1v) is 6.74. The maximum atomic E-state index is 11.7. The van der Waals surface area contributed by atoms with Crippen LogP contribution in [0.4, 0.5) is 0 Å². The van der Waals surface area contributed by atoms with Crippen molar-refractivity contribution in [3.8, 4) is 0 Å². The lowest BCUT2D eigenvalue weighted by atomic mass is 10.2. The van der Waals surface area contributed by atoms with Gasteiger partial charge in [-0.3, -0.25) is 14.4 Å². The molecule has 0 saturated carbocycles. The number of hydrogen-bond acceptors (Lipinski definition) is 4. The van der Waals surface area contributed by atoms with Gasteiger partial charge in [0.05, 0.1) is 0 Å². The monoisotopic (exact) mass is 292 g/mol. The van der Waals surface area contributed by atoms with Crippen LogP contribution in [0.5, 0.6) is 0 Å². The van der Waals surface area contributed by atoms with Crippen molar-refractivity contribution in [2.45, 2.75) is 13.8 Å². The lowest BCUT2D eigenvalue weighted by Gasteiger charge is -2.08. The van der Waals surface area contributed by atoms with Crippen LogP contribution in [0.1, 0.15) is 24.2 Å². The fraction of sp³-hybridized carbons (Fsp3) is 0.400. The van der Waals surface area contributed by atoms with Crippen LogP contribution in [-0.4, -0.2) is 37.5 Å². The largest absolute Gasteiger partial charge is 0.454 e. The summed E-state index contributed by atoms with van der Waals surface area (Å²) >= 11 is 0. The summed E-state index contributed by atoms with van der Waals surface area (Å²) in [7, 11) is 0. The van der Waals surface area contributed by atoms with Gasteiger partial charge in [-0.1, -0.05) is 32.0 Å². The van der Waals surface area contributed by atoms with Crippen LogP contribution in [-0.2, 0) is 14.3 Å². The molecule has 6 heteroatoms. The predicted molar refractivity (Wildman–Crippen MR) is 77.6 cm³/mol. The fourth-order valence-electron chi connectivity index (χ4n) is 1.41. The number of carbonyl (C=O) groups is 3. The second kappa shape index (κ2) is 8.73. The van der Waals surface area contributed by atoms with Crippen LogP contribution in [0.2, 0.25) is 0 Å². The van der Waals surface area contributed by atoms with Crippen molar-refractivity contribution in [1.29, 1.82) is 0 Å². The van der Waals surface area contributed by atoms with E-state index in [1.54, 1.807) is 30.3 Å². The van der Waals surface area contributed by atoms with Gasteiger partial charge in [0.25, 0.3) is 11.8 Å². The van der Waals surface area contributed by atoms with Crippen LogP contribution in [0, 0.1) is 5.92 Å². The topological polar surface area (TPSA) is 84.5 Å². The van der Waals surface area contributed by atoms with Gasteiger partial charge in [-0.25, -0.2) is 0 Å². The minimum absolute atomic E-state index is 0.273. The number of hydrogen-bond donors (Lipinski definition) is 2. The Morgan fingerprint density at radius 3 is 2.38 bits per heavy atom. The zero-order valence-corrected chi connectivity index (χ0v) is 12.2. The molecule has 0 aliphatic heterocycles. The molecule has 114 valence electrons. The molecule has 0 aliphatic carbocycles. The lowest BCUT2D eigenvalue weighted by Crippen LogP contribution is -2.35. The lowest BCUT2D eigenvalue weighted by molar-refractivity contribution is -0.147. The second-order valence-electron chi connectivity index (χ2n) is 4.91. The van der Waals surface area contributed by atoms with Gasteiger partial charge in [-0.05, 0) is 18.1 Å². The summed E-state index contributed by atoms with van der Waals surface area (Å²) < 4.78 is 4.76. The Morgan fingerprint density at radius 1 is 1.10 bits per heavy atom. The Bertz CT molecular complexity index is 486. The van der Waals surface area contributed by atoms with Gasteiger partial charge in [-0.2, -0.15) is 0 Å². The van der Waals surface area contributed by atoms with Gasteiger partial charge in [0, 0.05) is 12.1 Å². The molecule has 0 spiro atoms. The summed E-state index contributed by atoms with van der Waals surface area (Å²) in [6.07, 6.45) is 0. The Kier molecular flexibility index (Phi) is 6.94. The standard InChI is InChI=1S/C15H20N2O4/c1-11(2)8-16-13(18)10-21-14(19)9-17-15(20)12-6-4-3-5-7-12/h3-7,11H,8-10H2,1-2H3,(H,16,18)(H,17,20). The molecule has 0 radical (unpaired) electrons. The molecule has 6 nitrogen and oxygen atoms in total. The van der Waals surface area contributed by atoms with Crippen molar-refractivity contribution < 1.29 is 19.1 Å². The fourth-order valence-corrected chi connectivity index (χ4v) is 1.41. The van der Waals surface area contributed by atoms with E-state index in [1.165, 1.54) is 0 Å². The maximum Gasteiger partial charge on any atom is 0.325 e. The van der Waals surface area contributed by atoms with E-state index in [0.29, 0.717) is 18.0 Å². The first-order valence-electron chi connectivity index (χ1n) is 6.74. The van der Waals surface area contributed by atoms with Crippen LogP contribution >= 0.6 is 0 Å². The second-order valence-corrected chi connectivity index (χ2v) is 4.91. The Morgan fingerprint density at radius 2 is 1.76 bits per heavy atom. The molecule has 0 aromatic heterocycles. The number of esters is 1. The Hall–Kier alpha value is -2.37. The van der Waals surface area contributed by atoms with Crippen LogP contribution in [0.25, 0.3) is 0 Å². The van der Waals surface area contributed by atoms with Gasteiger partial charge in [0.1, 0.15) is 6.54 Å². The molecule has 0 saturated heterocycles. The summed E-state index contributed by atoms with van der Waals surface area (Å²) in [4.78, 5) is 34.4. The smallest absolute Gasteiger partial charge is 0.325 e. The van der Waals surface area contributed by atoms with Crippen molar-refractivity contribution in [1.82, 2.24) is 10.6 Å². The minimum Gasteiger partial charge on any atom is -0.454 e. The average molecular weight is 292 g/mol. The molecule has 1 rings (SSSR count). The first kappa shape index (κ1) is 16.7. The SMILES string of the molecule is CC(C)CNC(=O)COC(=O)CNC(=O)c1ccccc1. The molecule has 0 bridgehead atoms. The summed E-state index contributed by atoms with van der Waals surface area (Å²) in [5, 5.41) is 5.05. The molecule has 1 aromatic rings. The highest BCUT2D eigenvalue weighted by atomic mass is 16.5. The quantitative estimate of drug-likeness (QED) is 0.726. The Labute approximate surface area is 123 Å². The third-order valence-electron chi connectivity index (χ3n) is 2.50. The number of benzene rings is 1. The van der Waals surface area contributed by atoms with E-state index in [9.17, 15) is 14.4 Å². The van der Waals surface area contributed by atoms with E-state index in [1.807, 2.05) is 13.8 Å². The molecule has 2 amide bonds. The van der Waals surface area contributed by atoms with Crippen molar-refractivity contribution >= 4 is 17.8 Å². The predicted octanol–water partition coefficient (Wildman–Crippen LogP) is 0.732. The zero-order valence-electron chi connectivity index (χ0n) is 12.2. The van der Waals surface area contributed by atoms with E-state index < -0.39 is 5.97 Å². The molecule has 2 N–H and O–H groups in total. The van der Waals surface area contributed by atoms with E-state index in [4.69, 9.17) is 4.74 Å². The zero-order chi connectivity index (χ0) is 15.7. The van der Waals surface area contributed by atoms with E-state index in [0.717, 1.165) is 0 Å². The highest BCUT2D eigenvalue weighted by Crippen LogP contribution is 1.97. The number of rotatable bonds is 7. The van der Waals surface area contributed by atoms with Crippen LogP contribution < -0.4 is 10.6 Å². The summed E-state index contributed by atoms with van der Waals surface area (Å²) in [5.74, 6) is -1.04. The molecule has 21 heavy (non-hydrogen) atoms. The van der Waals surface area contributed by atoms with Crippen molar-refractivity contribution in [3.63, 3.8) is 0 Å². The van der Waals surface area contributed by atoms with Crippen molar-refractivity contribution in [2.75, 3.05) is 19.7 Å². The molecule has 0 atom stereocenters. The van der Waals surface area contributed by atoms with Gasteiger partial charge in [-0.15, -0.1) is 0 Å². The average Bonchev–Trinajstić information content (AvgIpc) is 2.49. The summed E-state index contributed by atoms with van der Waals surface area (Å²) in [6.45, 7) is 3.84. The molecule has 0 unspecified atom stereocenters. The van der Waals surface area contributed by atoms with Crippen molar-refractivity contribution in [2.24, 2.45) is 5.92 Å². The third-order valence-corrected chi connectivity index (χ3v) is 2.50. The molecule has 0 fully saturated rings. The van der Waals surface area contributed by atoms with Crippen molar-refractivity contribution in [3.05, 3.63) is 35.9 Å². The highest BCUT2D eigenvalue weighted by molar-refractivity contribution is 5.96. The Balaban J connectivity index is 2.22. The van der Waals surface area contributed by atoms with Gasteiger partial charge in [0.15, 0.2) is 6.61 Å². The first-order chi connectivity index (χ1) is 9.99. The number of nitrogens with one attached hydrogen (secondary N) is 2. The van der Waals surface area contributed by atoms with Gasteiger partial charge in [0.2, 0.25) is 0 Å². The summed E-state index contributed by atoms with van der Waals surface area (Å²) in [6, 6.07) is 8.53. The van der Waals surface area contributed by atoms with E-state index in [2.05, 4.69) is 10.6 Å². The molecule has 0 aliphatic rings. The third kappa shape index (κ3) is 7.10.